The van der Waals surface area contributed by atoms with Gasteiger partial charge in [0.25, 0.3) is 0 Å². The molecular weight excluding hydrogens is 413 g/mol. The van der Waals surface area contributed by atoms with E-state index in [2.05, 4.69) is 10.4 Å². The van der Waals surface area contributed by atoms with Gasteiger partial charge in [-0.3, -0.25) is 4.79 Å². The van der Waals surface area contributed by atoms with Gasteiger partial charge in [-0.2, -0.15) is 13.2 Å². The average Bonchev–Trinajstić information content (AvgIpc) is 2.65. The number of hydrazine groups is 1. The van der Waals surface area contributed by atoms with Gasteiger partial charge in [-0.05, 0) is 36.4 Å². The Morgan fingerprint density at radius 3 is 2.42 bits per heavy atom. The molecule has 1 aliphatic rings. The maximum atomic E-state index is 12.7. The van der Waals surface area contributed by atoms with E-state index in [0.29, 0.717) is 16.9 Å². The summed E-state index contributed by atoms with van der Waals surface area (Å²) >= 11 is 0. The highest BCUT2D eigenvalue weighted by atomic mass is 19.4. The first-order valence-electron chi connectivity index (χ1n) is 9.35. The van der Waals surface area contributed by atoms with E-state index in [1.165, 1.54) is 24.0 Å². The molecule has 0 aromatic heterocycles. The highest BCUT2D eigenvalue weighted by molar-refractivity contribution is 6.02. The number of likely N-dealkylation sites (tertiary alicyclic amines) is 1. The summed E-state index contributed by atoms with van der Waals surface area (Å²) in [5.41, 5.74) is 5.58. The first-order chi connectivity index (χ1) is 14.5. The van der Waals surface area contributed by atoms with Crippen molar-refractivity contribution in [2.45, 2.75) is 18.7 Å². The van der Waals surface area contributed by atoms with E-state index in [0.717, 1.165) is 17.3 Å². The molecule has 0 bridgehead atoms. The number of nitrogens with two attached hydrogens (primary N) is 2. The van der Waals surface area contributed by atoms with Crippen LogP contribution in [0.15, 0.2) is 53.6 Å². The molecule has 0 saturated carbocycles. The first-order valence-corrected chi connectivity index (χ1v) is 9.35. The predicted octanol–water partition coefficient (Wildman–Crippen LogP) is 1.84. The second kappa shape index (κ2) is 8.44. The Morgan fingerprint density at radius 2 is 1.84 bits per heavy atom. The van der Waals surface area contributed by atoms with Crippen LogP contribution in [0.5, 0.6) is 0 Å². The van der Waals surface area contributed by atoms with Gasteiger partial charge in [-0.25, -0.2) is 11.0 Å². The summed E-state index contributed by atoms with van der Waals surface area (Å²) < 4.78 is 38.2. The summed E-state index contributed by atoms with van der Waals surface area (Å²) in [6, 6.07) is 11.4. The molecule has 31 heavy (non-hydrogen) atoms. The zero-order valence-electron chi connectivity index (χ0n) is 16.7. The molecule has 0 spiro atoms. The van der Waals surface area contributed by atoms with E-state index in [-0.39, 0.29) is 31.4 Å². The second-order valence-corrected chi connectivity index (χ2v) is 7.43. The number of nitrogens with zero attached hydrogens (tertiary/aromatic N) is 3. The fourth-order valence-corrected chi connectivity index (χ4v) is 3.23. The lowest BCUT2D eigenvalue weighted by molar-refractivity contribution is -0.156. The van der Waals surface area contributed by atoms with Gasteiger partial charge in [0, 0.05) is 23.9 Å². The Morgan fingerprint density at radius 1 is 1.23 bits per heavy atom. The number of amides is 1. The van der Waals surface area contributed by atoms with Crippen molar-refractivity contribution >= 4 is 23.1 Å². The van der Waals surface area contributed by atoms with Gasteiger partial charge in [-0.15, -0.1) is 5.10 Å². The average molecular weight is 436 g/mol. The SMILES string of the molecule is CC(=O)N1CC(O)(CN(N)/N=C(\N)c2ccccc2Nc2ccc(C(F)(F)F)cc2)C1. The molecule has 11 heteroatoms. The second-order valence-electron chi connectivity index (χ2n) is 7.43. The Bertz CT molecular complexity index is 972. The molecule has 2 aromatic rings. The zero-order valence-corrected chi connectivity index (χ0v) is 16.7. The summed E-state index contributed by atoms with van der Waals surface area (Å²) in [5, 5.41) is 18.5. The number of para-hydroxylation sites is 1. The molecule has 0 unspecified atom stereocenters. The summed E-state index contributed by atoms with van der Waals surface area (Å²) in [6.45, 7) is 1.68. The van der Waals surface area contributed by atoms with Crippen LogP contribution in [0.2, 0.25) is 0 Å². The Hall–Kier alpha value is -3.31. The van der Waals surface area contributed by atoms with Crippen molar-refractivity contribution in [3.05, 3.63) is 59.7 Å². The van der Waals surface area contributed by atoms with Crippen molar-refractivity contribution in [1.29, 1.82) is 0 Å². The number of hydrazone groups is 1. The lowest BCUT2D eigenvalue weighted by Gasteiger charge is -2.46. The van der Waals surface area contributed by atoms with Crippen molar-refractivity contribution in [3.63, 3.8) is 0 Å². The fraction of sp³-hybridized carbons (Fsp3) is 0.300. The van der Waals surface area contributed by atoms with Crippen LogP contribution in [0.25, 0.3) is 0 Å². The Labute approximate surface area is 176 Å². The minimum Gasteiger partial charge on any atom is -0.384 e. The lowest BCUT2D eigenvalue weighted by atomic mass is 9.94. The number of aliphatic hydroxyl groups is 1. The van der Waals surface area contributed by atoms with E-state index >= 15 is 0 Å². The number of β-amino-alcohol motifs (C(OH)–C–C–N with tert-alkyl or cyclic N) is 1. The van der Waals surface area contributed by atoms with Crippen molar-refractivity contribution in [3.8, 4) is 0 Å². The minimum atomic E-state index is -4.41. The molecule has 0 radical (unpaired) electrons. The zero-order chi connectivity index (χ0) is 22.8. The van der Waals surface area contributed by atoms with Crippen LogP contribution < -0.4 is 16.9 Å². The highest BCUT2D eigenvalue weighted by Crippen LogP contribution is 2.30. The number of hydrogen-bond donors (Lipinski definition) is 4. The highest BCUT2D eigenvalue weighted by Gasteiger charge is 2.43. The van der Waals surface area contributed by atoms with Gasteiger partial charge >= 0.3 is 6.18 Å². The summed E-state index contributed by atoms with van der Waals surface area (Å²) in [7, 11) is 0. The lowest BCUT2D eigenvalue weighted by Crippen LogP contribution is -2.67. The molecule has 6 N–H and O–H groups in total. The van der Waals surface area contributed by atoms with Gasteiger partial charge in [0.1, 0.15) is 5.60 Å². The number of nitrogens with one attached hydrogen (secondary N) is 1. The maximum absolute atomic E-state index is 12.7. The molecule has 3 rings (SSSR count). The van der Waals surface area contributed by atoms with Gasteiger partial charge in [0.2, 0.25) is 5.91 Å². The summed E-state index contributed by atoms with van der Waals surface area (Å²) in [4.78, 5) is 12.8. The molecule has 0 atom stereocenters. The molecular formula is C20H23F3N6O2. The van der Waals surface area contributed by atoms with Crippen LogP contribution in [-0.4, -0.2) is 52.1 Å². The molecule has 1 heterocycles. The van der Waals surface area contributed by atoms with Crippen LogP contribution in [0.4, 0.5) is 24.5 Å². The number of anilines is 2. The van der Waals surface area contributed by atoms with Crippen molar-refractivity contribution in [2.24, 2.45) is 16.7 Å². The smallest absolute Gasteiger partial charge is 0.384 e. The molecule has 2 aromatic carbocycles. The van der Waals surface area contributed by atoms with E-state index in [4.69, 9.17) is 11.6 Å². The monoisotopic (exact) mass is 436 g/mol. The molecule has 1 saturated heterocycles. The number of carbonyl (C=O) groups is 1. The minimum absolute atomic E-state index is 0.0357. The Kier molecular flexibility index (Phi) is 6.09. The third kappa shape index (κ3) is 5.44. The third-order valence-electron chi connectivity index (χ3n) is 4.80. The number of hydrogen-bond acceptors (Lipinski definition) is 6. The molecule has 1 fully saturated rings. The van der Waals surface area contributed by atoms with Gasteiger partial charge < -0.3 is 21.1 Å². The fourth-order valence-electron chi connectivity index (χ4n) is 3.23. The number of benzene rings is 2. The molecule has 0 aliphatic carbocycles. The molecule has 166 valence electrons. The predicted molar refractivity (Wildman–Crippen MR) is 110 cm³/mol. The topological polar surface area (TPSA) is 120 Å². The van der Waals surface area contributed by atoms with Crippen LogP contribution in [-0.2, 0) is 11.0 Å². The van der Waals surface area contributed by atoms with Crippen molar-refractivity contribution in [2.75, 3.05) is 25.0 Å². The molecule has 1 aliphatic heterocycles. The van der Waals surface area contributed by atoms with Gasteiger partial charge in [0.05, 0.1) is 25.2 Å². The van der Waals surface area contributed by atoms with Gasteiger partial charge in [-0.1, -0.05) is 12.1 Å². The van der Waals surface area contributed by atoms with E-state index in [1.807, 2.05) is 0 Å². The van der Waals surface area contributed by atoms with Crippen LogP contribution in [0, 0.1) is 0 Å². The van der Waals surface area contributed by atoms with E-state index in [9.17, 15) is 23.1 Å². The van der Waals surface area contributed by atoms with Crippen molar-refractivity contribution < 1.29 is 23.1 Å². The van der Waals surface area contributed by atoms with E-state index in [1.54, 1.807) is 24.3 Å². The standard InChI is InChI=1S/C20H23F3N6O2/c1-13(30)28-10-19(31,11-28)12-29(25)27-18(24)16-4-2-3-5-17(16)26-15-8-6-14(7-9-15)20(21,22)23/h2-9,26,31H,10-12,25H2,1H3,(H2,24,27). The van der Waals surface area contributed by atoms with Crippen LogP contribution >= 0.6 is 0 Å². The maximum Gasteiger partial charge on any atom is 0.416 e. The Balaban J connectivity index is 1.71. The molecule has 1 amide bonds. The number of amidine groups is 1. The largest absolute Gasteiger partial charge is 0.416 e. The summed E-state index contributed by atoms with van der Waals surface area (Å²) in [5.74, 6) is 5.77. The quantitative estimate of drug-likeness (QED) is 0.237. The normalized spacial score (nSPS) is 15.9. The van der Waals surface area contributed by atoms with Crippen LogP contribution in [0.1, 0.15) is 18.1 Å². The number of halogens is 3. The third-order valence-corrected chi connectivity index (χ3v) is 4.80. The summed E-state index contributed by atoms with van der Waals surface area (Å²) in [6.07, 6.45) is -4.41. The van der Waals surface area contributed by atoms with Gasteiger partial charge in [0.15, 0.2) is 5.84 Å². The molecule has 8 nitrogen and oxygen atoms in total. The van der Waals surface area contributed by atoms with Crippen LogP contribution in [0.3, 0.4) is 0 Å². The van der Waals surface area contributed by atoms with E-state index < -0.39 is 17.3 Å². The number of carbonyl (C=O) groups excluding carboxylic acids is 1. The first kappa shape index (κ1) is 22.4. The van der Waals surface area contributed by atoms with Crippen molar-refractivity contribution in [1.82, 2.24) is 10.0 Å². The number of alkyl halides is 3. The number of rotatable bonds is 6.